The second-order valence-corrected chi connectivity index (χ2v) is 4.58. The lowest BCUT2D eigenvalue weighted by molar-refractivity contribution is -0.121. The van der Waals surface area contributed by atoms with Gasteiger partial charge in [-0.05, 0) is 31.3 Å². The van der Waals surface area contributed by atoms with Crippen LogP contribution in [0.4, 0.5) is 5.69 Å². The zero-order chi connectivity index (χ0) is 13.7. The summed E-state index contributed by atoms with van der Waals surface area (Å²) < 4.78 is 0. The van der Waals surface area contributed by atoms with E-state index in [1.807, 2.05) is 19.2 Å². The number of anilines is 1. The van der Waals surface area contributed by atoms with Gasteiger partial charge in [0.25, 0.3) is 0 Å². The molecule has 2 rings (SSSR count). The summed E-state index contributed by atoms with van der Waals surface area (Å²) in [5.41, 5.74) is 1.49. The van der Waals surface area contributed by atoms with Crippen LogP contribution in [0.2, 0.25) is 0 Å². The van der Waals surface area contributed by atoms with E-state index in [0.29, 0.717) is 18.7 Å². The second kappa shape index (κ2) is 6.32. The van der Waals surface area contributed by atoms with Crippen molar-refractivity contribution in [2.75, 3.05) is 44.7 Å². The van der Waals surface area contributed by atoms with E-state index in [1.165, 1.54) is 0 Å². The minimum absolute atomic E-state index is 0.118. The maximum Gasteiger partial charge on any atom is 0.241 e. The Morgan fingerprint density at radius 3 is 2.63 bits per heavy atom. The molecule has 5 heteroatoms. The fraction of sp³-hybridized carbons (Fsp3) is 0.429. The Morgan fingerprint density at radius 2 is 2.05 bits per heavy atom. The number of carbonyl (C=O) groups excluding carboxylic acids is 1. The Hall–Kier alpha value is -1.90. The number of nitrogens with one attached hydrogen (secondary N) is 1. The van der Waals surface area contributed by atoms with E-state index >= 15 is 0 Å². The molecule has 0 saturated carbocycles. The highest BCUT2D eigenvalue weighted by atomic mass is 16.2. The van der Waals surface area contributed by atoms with Gasteiger partial charge in [-0.15, -0.1) is 0 Å². The van der Waals surface area contributed by atoms with Crippen molar-refractivity contribution < 1.29 is 4.79 Å². The fourth-order valence-corrected chi connectivity index (χ4v) is 2.17. The van der Waals surface area contributed by atoms with Crippen molar-refractivity contribution in [1.82, 2.24) is 10.2 Å². The fourth-order valence-electron chi connectivity index (χ4n) is 2.17. The monoisotopic (exact) mass is 258 g/mol. The molecule has 0 spiro atoms. The summed E-state index contributed by atoms with van der Waals surface area (Å²) in [4.78, 5) is 16.1. The molecule has 0 atom stereocenters. The highest BCUT2D eigenvalue weighted by molar-refractivity contribution is 5.95. The smallest absolute Gasteiger partial charge is 0.241 e. The molecule has 5 nitrogen and oxygen atoms in total. The Labute approximate surface area is 113 Å². The summed E-state index contributed by atoms with van der Waals surface area (Å²) in [5, 5.41) is 11.9. The van der Waals surface area contributed by atoms with Crippen molar-refractivity contribution in [3.05, 3.63) is 29.8 Å². The number of rotatable bonds is 4. The van der Waals surface area contributed by atoms with E-state index in [0.717, 1.165) is 25.3 Å². The number of nitriles is 1. The van der Waals surface area contributed by atoms with E-state index in [9.17, 15) is 4.79 Å². The largest absolute Gasteiger partial charge is 0.318 e. The van der Waals surface area contributed by atoms with Gasteiger partial charge in [-0.2, -0.15) is 5.26 Å². The standard InChI is InChI=1S/C14H18N4O/c1-16-6-7-17-8-9-18(14(19)11-17)13-4-2-12(10-15)3-5-13/h2-5,16H,6-9,11H2,1H3. The number of carbonyl (C=O) groups is 1. The molecule has 1 aromatic carbocycles. The summed E-state index contributed by atoms with van der Waals surface area (Å²) >= 11 is 0. The molecule has 100 valence electrons. The summed E-state index contributed by atoms with van der Waals surface area (Å²) in [6.07, 6.45) is 0. The summed E-state index contributed by atoms with van der Waals surface area (Å²) in [7, 11) is 1.91. The van der Waals surface area contributed by atoms with Crippen molar-refractivity contribution in [1.29, 1.82) is 5.26 Å². The molecule has 0 bridgehead atoms. The van der Waals surface area contributed by atoms with Gasteiger partial charge >= 0.3 is 0 Å². The van der Waals surface area contributed by atoms with Crippen LogP contribution in [0.5, 0.6) is 0 Å². The van der Waals surface area contributed by atoms with E-state index in [-0.39, 0.29) is 5.91 Å². The van der Waals surface area contributed by atoms with Crippen LogP contribution in [0, 0.1) is 11.3 Å². The Kier molecular flexibility index (Phi) is 4.50. The first-order valence-corrected chi connectivity index (χ1v) is 6.42. The van der Waals surface area contributed by atoms with Crippen LogP contribution in [0.3, 0.4) is 0 Å². The molecule has 0 unspecified atom stereocenters. The maximum atomic E-state index is 12.1. The molecule has 1 fully saturated rings. The number of piperazine rings is 1. The van der Waals surface area contributed by atoms with Gasteiger partial charge in [0.1, 0.15) is 0 Å². The molecule has 1 saturated heterocycles. The predicted molar refractivity (Wildman–Crippen MR) is 73.9 cm³/mol. The van der Waals surface area contributed by atoms with E-state index in [1.54, 1.807) is 17.0 Å². The summed E-state index contributed by atoms with van der Waals surface area (Å²) in [6.45, 7) is 3.83. The number of hydrogen-bond acceptors (Lipinski definition) is 4. The van der Waals surface area contributed by atoms with Gasteiger partial charge in [0.2, 0.25) is 5.91 Å². The van der Waals surface area contributed by atoms with Crippen molar-refractivity contribution in [2.24, 2.45) is 0 Å². The third-order valence-electron chi connectivity index (χ3n) is 3.29. The van der Waals surface area contributed by atoms with Crippen LogP contribution < -0.4 is 10.2 Å². The van der Waals surface area contributed by atoms with Gasteiger partial charge < -0.3 is 10.2 Å². The van der Waals surface area contributed by atoms with Crippen LogP contribution in [0.1, 0.15) is 5.56 Å². The third kappa shape index (κ3) is 3.31. The molecular formula is C14H18N4O. The molecule has 0 radical (unpaired) electrons. The second-order valence-electron chi connectivity index (χ2n) is 4.58. The van der Waals surface area contributed by atoms with E-state index in [2.05, 4.69) is 16.3 Å². The topological polar surface area (TPSA) is 59.4 Å². The number of likely N-dealkylation sites (N-methyl/N-ethyl adjacent to an activating group) is 1. The van der Waals surface area contributed by atoms with Gasteiger partial charge in [-0.1, -0.05) is 0 Å². The average molecular weight is 258 g/mol. The first-order valence-electron chi connectivity index (χ1n) is 6.42. The Morgan fingerprint density at radius 1 is 1.32 bits per heavy atom. The van der Waals surface area contributed by atoms with Crippen LogP contribution in [-0.2, 0) is 4.79 Å². The lowest BCUT2D eigenvalue weighted by Gasteiger charge is -2.34. The highest BCUT2D eigenvalue weighted by Gasteiger charge is 2.24. The van der Waals surface area contributed by atoms with Crippen molar-refractivity contribution >= 4 is 11.6 Å². The maximum absolute atomic E-state index is 12.1. The minimum Gasteiger partial charge on any atom is -0.318 e. The molecule has 1 aliphatic rings. The van der Waals surface area contributed by atoms with E-state index < -0.39 is 0 Å². The number of hydrogen-bond donors (Lipinski definition) is 1. The lowest BCUT2D eigenvalue weighted by atomic mass is 10.2. The Balaban J connectivity index is 1.99. The highest BCUT2D eigenvalue weighted by Crippen LogP contribution is 2.17. The summed E-state index contributed by atoms with van der Waals surface area (Å²) in [6, 6.07) is 9.24. The number of nitrogens with zero attached hydrogens (tertiary/aromatic N) is 3. The zero-order valence-electron chi connectivity index (χ0n) is 11.1. The number of benzene rings is 1. The van der Waals surface area contributed by atoms with E-state index in [4.69, 9.17) is 5.26 Å². The Bertz CT molecular complexity index is 477. The van der Waals surface area contributed by atoms with Gasteiger partial charge in [-0.25, -0.2) is 0 Å². The first kappa shape index (κ1) is 13.5. The molecule has 19 heavy (non-hydrogen) atoms. The van der Waals surface area contributed by atoms with Gasteiger partial charge in [0.15, 0.2) is 0 Å². The quantitative estimate of drug-likeness (QED) is 0.850. The molecule has 1 amide bonds. The summed E-state index contributed by atoms with van der Waals surface area (Å²) in [5.74, 6) is 0.118. The molecule has 1 aromatic rings. The van der Waals surface area contributed by atoms with Crippen LogP contribution in [-0.4, -0.2) is 50.6 Å². The molecular weight excluding hydrogens is 240 g/mol. The van der Waals surface area contributed by atoms with Crippen molar-refractivity contribution in [2.45, 2.75) is 0 Å². The first-order chi connectivity index (χ1) is 9.24. The van der Waals surface area contributed by atoms with Crippen molar-refractivity contribution in [3.8, 4) is 6.07 Å². The van der Waals surface area contributed by atoms with Gasteiger partial charge in [0, 0.05) is 31.9 Å². The molecule has 0 aromatic heterocycles. The van der Waals surface area contributed by atoms with Crippen LogP contribution >= 0.6 is 0 Å². The zero-order valence-corrected chi connectivity index (χ0v) is 11.1. The SMILES string of the molecule is CNCCN1CCN(c2ccc(C#N)cc2)C(=O)C1. The van der Waals surface area contributed by atoms with Gasteiger partial charge in [-0.3, -0.25) is 9.69 Å². The van der Waals surface area contributed by atoms with Crippen LogP contribution in [0.15, 0.2) is 24.3 Å². The molecule has 0 aliphatic carbocycles. The third-order valence-corrected chi connectivity index (χ3v) is 3.29. The molecule has 1 N–H and O–H groups in total. The normalized spacial score (nSPS) is 16.4. The molecule has 1 heterocycles. The molecule has 1 aliphatic heterocycles. The lowest BCUT2D eigenvalue weighted by Crippen LogP contribution is -2.51. The predicted octanol–water partition coefficient (Wildman–Crippen LogP) is 0.426. The van der Waals surface area contributed by atoms with Crippen molar-refractivity contribution in [3.63, 3.8) is 0 Å². The average Bonchev–Trinajstić information content (AvgIpc) is 2.45. The minimum atomic E-state index is 0.118. The van der Waals surface area contributed by atoms with Crippen LogP contribution in [0.25, 0.3) is 0 Å². The number of amides is 1. The van der Waals surface area contributed by atoms with Gasteiger partial charge in [0.05, 0.1) is 18.2 Å².